The van der Waals surface area contributed by atoms with Gasteiger partial charge in [-0.15, -0.1) is 0 Å². The maximum atomic E-state index is 12.3. The summed E-state index contributed by atoms with van der Waals surface area (Å²) in [6.45, 7) is 1.21. The van der Waals surface area contributed by atoms with E-state index in [9.17, 15) is 14.4 Å². The van der Waals surface area contributed by atoms with Crippen molar-refractivity contribution in [3.63, 3.8) is 0 Å². The van der Waals surface area contributed by atoms with E-state index in [-0.39, 0.29) is 42.6 Å². The fourth-order valence-electron chi connectivity index (χ4n) is 3.23. The monoisotopic (exact) mass is 419 g/mol. The first-order chi connectivity index (χ1) is 14.5. The van der Waals surface area contributed by atoms with Crippen molar-refractivity contribution in [3.8, 4) is 11.5 Å². The maximum absolute atomic E-state index is 12.3. The third-order valence-electron chi connectivity index (χ3n) is 5.13. The van der Waals surface area contributed by atoms with Gasteiger partial charge >= 0.3 is 0 Å². The van der Waals surface area contributed by atoms with Gasteiger partial charge in [0.25, 0.3) is 0 Å². The van der Waals surface area contributed by atoms with Crippen molar-refractivity contribution >= 4 is 29.1 Å². The van der Waals surface area contributed by atoms with Gasteiger partial charge in [0.2, 0.25) is 17.7 Å². The van der Waals surface area contributed by atoms with Crippen LogP contribution >= 0.6 is 0 Å². The topological polar surface area (TPSA) is 115 Å². The Labute approximate surface area is 175 Å². The van der Waals surface area contributed by atoms with Crippen LogP contribution in [-0.4, -0.2) is 51.2 Å². The van der Waals surface area contributed by atoms with Crippen LogP contribution in [0.3, 0.4) is 0 Å². The first kappa shape index (κ1) is 21.9. The molecule has 2 fully saturated rings. The zero-order chi connectivity index (χ0) is 21.5. The lowest BCUT2D eigenvalue weighted by atomic mass is 10.2. The molecule has 9 nitrogen and oxygen atoms in total. The van der Waals surface area contributed by atoms with E-state index in [1.807, 2.05) is 0 Å². The van der Waals surface area contributed by atoms with Crippen LogP contribution in [-0.2, 0) is 19.1 Å². The Kier molecular flexibility index (Phi) is 7.51. The molecule has 0 radical (unpaired) electrons. The summed E-state index contributed by atoms with van der Waals surface area (Å²) in [4.78, 5) is 36.3. The Balaban J connectivity index is 1.54. The Morgan fingerprint density at radius 3 is 2.17 bits per heavy atom. The summed E-state index contributed by atoms with van der Waals surface area (Å²) >= 11 is 0. The van der Waals surface area contributed by atoms with E-state index in [0.717, 1.165) is 32.3 Å². The second-order valence-corrected chi connectivity index (χ2v) is 7.50. The lowest BCUT2D eigenvalue weighted by Gasteiger charge is -2.16. The average Bonchev–Trinajstić information content (AvgIpc) is 3.47. The standard InChI is InChI=1S/C21H29N3O6/c1-28-17-11-16(24-21(27)13-5-6-13)18(29-2)10-15(17)23-20(26)8-7-19(25)22-12-14-4-3-9-30-14/h10-11,13-14H,3-9,12H2,1-2H3,(H,22,25)(H,23,26)(H,24,27)/t14-/m0/s1. The van der Waals surface area contributed by atoms with E-state index in [2.05, 4.69) is 16.0 Å². The third kappa shape index (κ3) is 6.09. The molecule has 9 heteroatoms. The molecule has 30 heavy (non-hydrogen) atoms. The van der Waals surface area contributed by atoms with E-state index in [4.69, 9.17) is 14.2 Å². The fraction of sp³-hybridized carbons (Fsp3) is 0.571. The van der Waals surface area contributed by atoms with Crippen LogP contribution in [0.1, 0.15) is 38.5 Å². The molecule has 3 N–H and O–H groups in total. The Morgan fingerprint density at radius 2 is 1.60 bits per heavy atom. The molecule has 1 aromatic rings. The molecule has 2 aliphatic rings. The van der Waals surface area contributed by atoms with Gasteiger partial charge in [0.15, 0.2) is 0 Å². The quantitative estimate of drug-likeness (QED) is 0.535. The van der Waals surface area contributed by atoms with Crippen LogP contribution in [0.2, 0.25) is 0 Å². The number of anilines is 2. The van der Waals surface area contributed by atoms with Crippen LogP contribution in [0.5, 0.6) is 11.5 Å². The second-order valence-electron chi connectivity index (χ2n) is 7.50. The second kappa shape index (κ2) is 10.3. The van der Waals surface area contributed by atoms with Crippen molar-refractivity contribution in [1.29, 1.82) is 0 Å². The molecular weight excluding hydrogens is 390 g/mol. The predicted octanol–water partition coefficient (Wildman–Crippen LogP) is 2.07. The molecule has 0 aromatic heterocycles. The summed E-state index contributed by atoms with van der Waals surface area (Å²) in [6.07, 6.45) is 3.91. The molecule has 1 atom stereocenters. The van der Waals surface area contributed by atoms with E-state index < -0.39 is 0 Å². The van der Waals surface area contributed by atoms with Gasteiger partial charge in [0, 0.05) is 44.0 Å². The van der Waals surface area contributed by atoms with Gasteiger partial charge in [0.05, 0.1) is 31.7 Å². The molecule has 1 saturated heterocycles. The highest BCUT2D eigenvalue weighted by Crippen LogP contribution is 2.38. The van der Waals surface area contributed by atoms with Crippen LogP contribution in [0.4, 0.5) is 11.4 Å². The first-order valence-corrected chi connectivity index (χ1v) is 10.2. The molecule has 0 spiro atoms. The number of rotatable bonds is 10. The molecule has 1 heterocycles. The number of nitrogens with one attached hydrogen (secondary N) is 3. The molecule has 1 aromatic carbocycles. The van der Waals surface area contributed by atoms with Crippen LogP contribution in [0.15, 0.2) is 12.1 Å². The molecule has 0 unspecified atom stereocenters. The van der Waals surface area contributed by atoms with Gasteiger partial charge in [-0.05, 0) is 25.7 Å². The average molecular weight is 419 g/mol. The lowest BCUT2D eigenvalue weighted by Crippen LogP contribution is -2.32. The summed E-state index contributed by atoms with van der Waals surface area (Å²) < 4.78 is 16.2. The number of hydrogen-bond donors (Lipinski definition) is 3. The van der Waals surface area contributed by atoms with Crippen molar-refractivity contribution in [3.05, 3.63) is 12.1 Å². The molecular formula is C21H29N3O6. The van der Waals surface area contributed by atoms with Gasteiger partial charge in [-0.1, -0.05) is 0 Å². The highest BCUT2D eigenvalue weighted by molar-refractivity contribution is 5.98. The number of amides is 3. The van der Waals surface area contributed by atoms with E-state index in [1.165, 1.54) is 14.2 Å². The van der Waals surface area contributed by atoms with Crippen molar-refractivity contribution in [1.82, 2.24) is 5.32 Å². The largest absolute Gasteiger partial charge is 0.494 e. The number of ether oxygens (including phenoxy) is 3. The number of benzene rings is 1. The highest BCUT2D eigenvalue weighted by Gasteiger charge is 2.30. The molecule has 1 aliphatic carbocycles. The van der Waals surface area contributed by atoms with E-state index in [0.29, 0.717) is 29.4 Å². The van der Waals surface area contributed by atoms with Gasteiger partial charge < -0.3 is 30.2 Å². The molecule has 164 valence electrons. The summed E-state index contributed by atoms with van der Waals surface area (Å²) in [7, 11) is 2.96. The SMILES string of the molecule is COc1cc(NC(=O)C2CC2)c(OC)cc1NC(=O)CCC(=O)NC[C@@H]1CCCO1. The zero-order valence-corrected chi connectivity index (χ0v) is 17.4. The lowest BCUT2D eigenvalue weighted by molar-refractivity contribution is -0.124. The Bertz CT molecular complexity index is 787. The third-order valence-corrected chi connectivity index (χ3v) is 5.13. The minimum atomic E-state index is -0.322. The van der Waals surface area contributed by atoms with Crippen molar-refractivity contribution in [2.45, 2.75) is 44.6 Å². The Hall–Kier alpha value is -2.81. The maximum Gasteiger partial charge on any atom is 0.227 e. The number of methoxy groups -OCH3 is 2. The highest BCUT2D eigenvalue weighted by atomic mass is 16.5. The Morgan fingerprint density at radius 1 is 0.967 bits per heavy atom. The number of carbonyl (C=O) groups is 3. The predicted molar refractivity (Wildman–Crippen MR) is 111 cm³/mol. The van der Waals surface area contributed by atoms with Gasteiger partial charge in [-0.2, -0.15) is 0 Å². The minimum absolute atomic E-state index is 0.0307. The molecule has 3 amide bonds. The van der Waals surface area contributed by atoms with E-state index in [1.54, 1.807) is 12.1 Å². The smallest absolute Gasteiger partial charge is 0.227 e. The summed E-state index contributed by atoms with van der Waals surface area (Å²) in [5.74, 6) is 0.279. The van der Waals surface area contributed by atoms with Gasteiger partial charge in [-0.3, -0.25) is 14.4 Å². The number of hydrogen-bond acceptors (Lipinski definition) is 6. The van der Waals surface area contributed by atoms with Crippen LogP contribution in [0, 0.1) is 5.92 Å². The fourth-order valence-corrected chi connectivity index (χ4v) is 3.23. The van der Waals surface area contributed by atoms with Gasteiger partial charge in [0.1, 0.15) is 11.5 Å². The molecule has 1 saturated carbocycles. The van der Waals surface area contributed by atoms with Gasteiger partial charge in [-0.25, -0.2) is 0 Å². The van der Waals surface area contributed by atoms with E-state index >= 15 is 0 Å². The van der Waals surface area contributed by atoms with Crippen molar-refractivity contribution < 1.29 is 28.6 Å². The minimum Gasteiger partial charge on any atom is -0.494 e. The van der Waals surface area contributed by atoms with Crippen molar-refractivity contribution in [2.75, 3.05) is 38.0 Å². The molecule has 0 bridgehead atoms. The zero-order valence-electron chi connectivity index (χ0n) is 17.4. The van der Waals surface area contributed by atoms with Crippen LogP contribution < -0.4 is 25.4 Å². The van der Waals surface area contributed by atoms with Crippen molar-refractivity contribution in [2.24, 2.45) is 5.92 Å². The molecule has 3 rings (SSSR count). The summed E-state index contributed by atoms with van der Waals surface area (Å²) in [5, 5.41) is 8.37. The summed E-state index contributed by atoms with van der Waals surface area (Å²) in [5.41, 5.74) is 0.890. The normalized spacial score (nSPS) is 17.9. The number of carbonyl (C=O) groups excluding carboxylic acids is 3. The van der Waals surface area contributed by atoms with Crippen LogP contribution in [0.25, 0.3) is 0 Å². The first-order valence-electron chi connectivity index (χ1n) is 10.2. The summed E-state index contributed by atoms with van der Waals surface area (Å²) in [6, 6.07) is 3.21. The molecule has 1 aliphatic heterocycles.